The van der Waals surface area contributed by atoms with Crippen LogP contribution in [0.4, 0.5) is 0 Å². The lowest BCUT2D eigenvalue weighted by atomic mass is 10.1. The van der Waals surface area contributed by atoms with Gasteiger partial charge in [-0.3, -0.25) is 9.98 Å². The number of nitrogens with one attached hydrogen (secondary N) is 2. The van der Waals surface area contributed by atoms with Crippen LogP contribution in [0.3, 0.4) is 0 Å². The van der Waals surface area contributed by atoms with Gasteiger partial charge in [0.1, 0.15) is 11.7 Å². The minimum Gasteiger partial charge on any atom is -0.297 e. The molecule has 0 saturated carbocycles. The first-order chi connectivity index (χ1) is 12.4. The maximum absolute atomic E-state index is 8.01. The number of hydrogen-bond acceptors (Lipinski definition) is 4. The topological polar surface area (TPSA) is 81.1 Å². The zero-order chi connectivity index (χ0) is 18.8. The van der Waals surface area contributed by atoms with Crippen molar-refractivity contribution in [2.45, 2.75) is 6.92 Å². The molecule has 0 amide bonds. The highest BCUT2D eigenvalue weighted by molar-refractivity contribution is 6.36. The van der Waals surface area contributed by atoms with E-state index in [9.17, 15) is 0 Å². The number of rotatable bonds is 4. The lowest BCUT2D eigenvalue weighted by Gasteiger charge is -2.14. The van der Waals surface area contributed by atoms with Crippen molar-refractivity contribution in [1.29, 1.82) is 10.9 Å². The van der Waals surface area contributed by atoms with Gasteiger partial charge in [-0.15, -0.1) is 0 Å². The number of hydrogen-bond donors (Lipinski definition) is 2. The van der Waals surface area contributed by atoms with E-state index in [0.29, 0.717) is 21.4 Å². The van der Waals surface area contributed by atoms with Gasteiger partial charge in [0.15, 0.2) is 0 Å². The fourth-order valence-electron chi connectivity index (χ4n) is 2.63. The highest BCUT2D eigenvalue weighted by atomic mass is 35.5. The van der Waals surface area contributed by atoms with E-state index in [4.69, 9.17) is 34.1 Å². The standard InChI is InChI=1S/C18H16Cl2N6/c1-11-10-23-18(15-8-5-13(19)9-16(15)20)26(11)14-6-3-12(4-7-14)17(21)25(2)24-22/h3-10,21-22H,1-2H3. The molecule has 1 heterocycles. The number of halogens is 2. The lowest BCUT2D eigenvalue weighted by molar-refractivity contribution is 0.486. The molecule has 2 aromatic carbocycles. The monoisotopic (exact) mass is 386 g/mol. The first kappa shape index (κ1) is 18.1. The molecule has 0 bridgehead atoms. The summed E-state index contributed by atoms with van der Waals surface area (Å²) in [5, 5.41) is 13.5. The minimum atomic E-state index is 0.148. The third-order valence-corrected chi connectivity index (χ3v) is 4.53. The van der Waals surface area contributed by atoms with Gasteiger partial charge in [-0.05, 0) is 49.4 Å². The maximum Gasteiger partial charge on any atom is 0.149 e. The van der Waals surface area contributed by atoms with Crippen LogP contribution in [-0.4, -0.2) is 27.4 Å². The Hall–Kier alpha value is -2.70. The molecule has 0 saturated heterocycles. The molecular formula is C18H16Cl2N6. The van der Waals surface area contributed by atoms with E-state index in [0.717, 1.165) is 16.9 Å². The highest BCUT2D eigenvalue weighted by Crippen LogP contribution is 2.31. The molecule has 0 radical (unpaired) electrons. The van der Waals surface area contributed by atoms with Crippen LogP contribution in [0.5, 0.6) is 0 Å². The van der Waals surface area contributed by atoms with E-state index in [2.05, 4.69) is 10.2 Å². The second-order valence-electron chi connectivity index (χ2n) is 5.70. The number of aromatic nitrogens is 2. The normalized spacial score (nSPS) is 10.6. The molecule has 0 aliphatic carbocycles. The Morgan fingerprint density at radius 2 is 1.85 bits per heavy atom. The van der Waals surface area contributed by atoms with Crippen molar-refractivity contribution in [3.8, 4) is 17.1 Å². The number of aryl methyl sites for hydroxylation is 1. The Bertz CT molecular complexity index is 978. The lowest BCUT2D eigenvalue weighted by Crippen LogP contribution is -2.20. The Labute approximate surface area is 161 Å². The maximum atomic E-state index is 8.01. The van der Waals surface area contributed by atoms with Crippen LogP contribution < -0.4 is 0 Å². The molecular weight excluding hydrogens is 371 g/mol. The van der Waals surface area contributed by atoms with Crippen LogP contribution >= 0.6 is 23.2 Å². The molecule has 26 heavy (non-hydrogen) atoms. The minimum absolute atomic E-state index is 0.148. The summed E-state index contributed by atoms with van der Waals surface area (Å²) in [6.45, 7) is 1.96. The zero-order valence-corrected chi connectivity index (χ0v) is 15.7. The molecule has 2 N–H and O–H groups in total. The Kier molecular flexibility index (Phi) is 5.06. The van der Waals surface area contributed by atoms with Crippen molar-refractivity contribution in [2.75, 3.05) is 7.05 Å². The molecule has 132 valence electrons. The largest absolute Gasteiger partial charge is 0.297 e. The van der Waals surface area contributed by atoms with Crippen LogP contribution in [0.25, 0.3) is 17.1 Å². The van der Waals surface area contributed by atoms with Gasteiger partial charge < -0.3 is 0 Å². The quantitative estimate of drug-likeness (QED) is 0.274. The fourth-order valence-corrected chi connectivity index (χ4v) is 3.12. The van der Waals surface area contributed by atoms with Gasteiger partial charge in [-0.2, -0.15) is 5.53 Å². The van der Waals surface area contributed by atoms with Crippen molar-refractivity contribution in [3.05, 3.63) is 70.0 Å². The van der Waals surface area contributed by atoms with Crippen LogP contribution in [0.2, 0.25) is 10.0 Å². The van der Waals surface area contributed by atoms with E-state index in [-0.39, 0.29) is 5.84 Å². The third-order valence-electron chi connectivity index (χ3n) is 3.98. The molecule has 0 aliphatic heterocycles. The highest BCUT2D eigenvalue weighted by Gasteiger charge is 2.15. The van der Waals surface area contributed by atoms with Gasteiger partial charge in [-0.25, -0.2) is 9.99 Å². The van der Waals surface area contributed by atoms with Gasteiger partial charge >= 0.3 is 0 Å². The first-order valence-electron chi connectivity index (χ1n) is 7.72. The third kappa shape index (κ3) is 3.34. The summed E-state index contributed by atoms with van der Waals surface area (Å²) in [5.41, 5.74) is 10.3. The van der Waals surface area contributed by atoms with Crippen molar-refractivity contribution >= 4 is 29.0 Å². The number of imidazole rings is 1. The summed E-state index contributed by atoms with van der Waals surface area (Å²) in [5.74, 6) is 0.861. The van der Waals surface area contributed by atoms with Crippen LogP contribution in [-0.2, 0) is 0 Å². The molecule has 0 spiro atoms. The van der Waals surface area contributed by atoms with Crippen molar-refractivity contribution in [1.82, 2.24) is 14.6 Å². The second-order valence-corrected chi connectivity index (χ2v) is 6.55. The number of benzene rings is 2. The predicted molar refractivity (Wildman–Crippen MR) is 103 cm³/mol. The molecule has 6 nitrogen and oxygen atoms in total. The molecule has 1 aromatic heterocycles. The van der Waals surface area contributed by atoms with Gasteiger partial charge in [0.05, 0.1) is 5.02 Å². The molecule has 0 aliphatic rings. The summed E-state index contributed by atoms with van der Waals surface area (Å²) >= 11 is 12.3. The Morgan fingerprint density at radius 3 is 2.46 bits per heavy atom. The summed E-state index contributed by atoms with van der Waals surface area (Å²) in [6.07, 6.45) is 1.78. The molecule has 0 unspecified atom stereocenters. The smallest absolute Gasteiger partial charge is 0.149 e. The summed E-state index contributed by atoms with van der Waals surface area (Å²) in [6, 6.07) is 12.7. The Morgan fingerprint density at radius 1 is 1.15 bits per heavy atom. The zero-order valence-electron chi connectivity index (χ0n) is 14.2. The van der Waals surface area contributed by atoms with Crippen LogP contribution in [0, 0.1) is 17.9 Å². The van der Waals surface area contributed by atoms with E-state index in [1.54, 1.807) is 25.4 Å². The number of amidine groups is 1. The van der Waals surface area contributed by atoms with Gasteiger partial charge in [0, 0.05) is 40.8 Å². The average molecular weight is 387 g/mol. The Balaban J connectivity index is 2.04. The molecule has 0 fully saturated rings. The van der Waals surface area contributed by atoms with Crippen LogP contribution in [0.1, 0.15) is 11.3 Å². The van der Waals surface area contributed by atoms with Gasteiger partial charge in [0.2, 0.25) is 0 Å². The first-order valence-corrected chi connectivity index (χ1v) is 8.48. The molecule has 3 aromatic rings. The van der Waals surface area contributed by atoms with Gasteiger partial charge in [-0.1, -0.05) is 28.4 Å². The average Bonchev–Trinajstić information content (AvgIpc) is 3.01. The van der Waals surface area contributed by atoms with E-state index in [1.807, 2.05) is 41.8 Å². The van der Waals surface area contributed by atoms with E-state index < -0.39 is 0 Å². The van der Waals surface area contributed by atoms with Crippen molar-refractivity contribution in [3.63, 3.8) is 0 Å². The number of nitrogens with zero attached hydrogens (tertiary/aromatic N) is 4. The van der Waals surface area contributed by atoms with Crippen molar-refractivity contribution < 1.29 is 0 Å². The van der Waals surface area contributed by atoms with Crippen molar-refractivity contribution in [2.24, 2.45) is 5.22 Å². The predicted octanol–water partition coefficient (Wildman–Crippen LogP) is 5.36. The summed E-state index contributed by atoms with van der Waals surface area (Å²) in [7, 11) is 1.56. The summed E-state index contributed by atoms with van der Waals surface area (Å²) in [4.78, 5) is 4.50. The SMILES string of the molecule is Cc1cnc(-c2ccc(Cl)cc2Cl)n1-c1ccc(C(=N)N(C)N=N)cc1. The second kappa shape index (κ2) is 7.27. The van der Waals surface area contributed by atoms with Gasteiger partial charge in [0.25, 0.3) is 0 Å². The molecule has 8 heteroatoms. The molecule has 3 rings (SSSR count). The molecule has 0 atom stereocenters. The van der Waals surface area contributed by atoms with E-state index >= 15 is 0 Å². The van der Waals surface area contributed by atoms with Crippen LogP contribution in [0.15, 0.2) is 53.9 Å². The summed E-state index contributed by atoms with van der Waals surface area (Å²) < 4.78 is 1.99. The van der Waals surface area contributed by atoms with E-state index in [1.165, 1.54) is 5.01 Å². The fraction of sp³-hybridized carbons (Fsp3) is 0.111.